The van der Waals surface area contributed by atoms with Gasteiger partial charge in [-0.05, 0) is 55.7 Å². The van der Waals surface area contributed by atoms with Gasteiger partial charge in [-0.2, -0.15) is 0 Å². The highest BCUT2D eigenvalue weighted by atomic mass is 32.2. The molecule has 5 heteroatoms. The highest BCUT2D eigenvalue weighted by molar-refractivity contribution is 7.94. The first-order valence-corrected chi connectivity index (χ1v) is 10.8. The summed E-state index contributed by atoms with van der Waals surface area (Å²) in [6, 6.07) is 13.0. The number of sulfone groups is 1. The molecule has 142 valence electrons. The van der Waals surface area contributed by atoms with Crippen molar-refractivity contribution in [2.24, 2.45) is 0 Å². The van der Waals surface area contributed by atoms with Crippen molar-refractivity contribution >= 4 is 21.4 Å². The van der Waals surface area contributed by atoms with Gasteiger partial charge in [-0.3, -0.25) is 4.79 Å². The Bertz CT molecular complexity index is 968. The molecule has 2 aromatic rings. The fraction of sp³-hybridized carbons (Fsp3) is 0.318. The summed E-state index contributed by atoms with van der Waals surface area (Å²) in [5.41, 5.74) is 4.45. The fourth-order valence-electron chi connectivity index (χ4n) is 3.44. The molecule has 4 nitrogen and oxygen atoms in total. The lowest BCUT2D eigenvalue weighted by atomic mass is 10.0. The smallest absolute Gasteiger partial charge is 0.258 e. The maximum Gasteiger partial charge on any atom is 0.258 e. The molecule has 0 aromatic heterocycles. The second-order valence-electron chi connectivity index (χ2n) is 7.52. The average molecular weight is 384 g/mol. The van der Waals surface area contributed by atoms with Crippen molar-refractivity contribution in [2.75, 3.05) is 10.7 Å². The van der Waals surface area contributed by atoms with Crippen LogP contribution in [0.4, 0.5) is 5.69 Å². The fourth-order valence-corrected chi connectivity index (χ4v) is 4.70. The Morgan fingerprint density at radius 3 is 2.11 bits per heavy atom. The van der Waals surface area contributed by atoms with Gasteiger partial charge in [-0.1, -0.05) is 43.2 Å². The second kappa shape index (κ2) is 7.31. The van der Waals surface area contributed by atoms with E-state index in [-0.39, 0.29) is 11.7 Å². The van der Waals surface area contributed by atoms with Gasteiger partial charge in [0.1, 0.15) is 0 Å². The molecular weight excluding hydrogens is 358 g/mol. The van der Waals surface area contributed by atoms with Gasteiger partial charge < -0.3 is 4.90 Å². The first-order valence-electron chi connectivity index (χ1n) is 9.09. The first-order chi connectivity index (χ1) is 12.7. The molecule has 27 heavy (non-hydrogen) atoms. The second-order valence-corrected chi connectivity index (χ2v) is 9.45. The maximum atomic E-state index is 13.4. The minimum Gasteiger partial charge on any atom is -0.300 e. The molecule has 0 saturated carbocycles. The minimum absolute atomic E-state index is 0.0878. The maximum absolute atomic E-state index is 13.4. The highest BCUT2D eigenvalue weighted by Gasteiger charge is 2.32. The van der Waals surface area contributed by atoms with Crippen LogP contribution in [0.2, 0.25) is 0 Å². The lowest BCUT2D eigenvalue weighted by molar-refractivity contribution is 0.0983. The summed E-state index contributed by atoms with van der Waals surface area (Å²) in [6.07, 6.45) is 1.60. The van der Waals surface area contributed by atoms with Gasteiger partial charge in [0, 0.05) is 16.7 Å². The van der Waals surface area contributed by atoms with Crippen molar-refractivity contribution < 1.29 is 13.2 Å². The Kier molecular flexibility index (Phi) is 5.24. The summed E-state index contributed by atoms with van der Waals surface area (Å²) in [7, 11) is -3.28. The van der Waals surface area contributed by atoms with Crippen molar-refractivity contribution in [3.8, 4) is 0 Å². The van der Waals surface area contributed by atoms with Crippen LogP contribution < -0.4 is 4.90 Å². The Morgan fingerprint density at radius 1 is 1.04 bits per heavy atom. The number of rotatable bonds is 4. The van der Waals surface area contributed by atoms with E-state index in [1.807, 2.05) is 56.3 Å². The molecule has 1 aliphatic rings. The lowest BCUT2D eigenvalue weighted by Gasteiger charge is -2.28. The van der Waals surface area contributed by atoms with E-state index in [2.05, 4.69) is 13.8 Å². The number of nitrogens with zero attached hydrogens (tertiary/aromatic N) is 1. The number of hydrogen-bond donors (Lipinski definition) is 0. The van der Waals surface area contributed by atoms with Crippen molar-refractivity contribution in [3.63, 3.8) is 0 Å². The van der Waals surface area contributed by atoms with Crippen molar-refractivity contribution in [1.29, 1.82) is 0 Å². The van der Waals surface area contributed by atoms with Gasteiger partial charge in [-0.25, -0.2) is 8.42 Å². The van der Waals surface area contributed by atoms with Gasteiger partial charge in [-0.15, -0.1) is 0 Å². The van der Waals surface area contributed by atoms with Gasteiger partial charge >= 0.3 is 0 Å². The molecule has 0 spiro atoms. The predicted octanol–water partition coefficient (Wildman–Crippen LogP) is 4.38. The molecule has 3 rings (SSSR count). The molecular formula is C22H25NO3S. The molecule has 0 unspecified atom stereocenters. The van der Waals surface area contributed by atoms with Crippen LogP contribution in [-0.2, 0) is 9.84 Å². The third-order valence-electron chi connectivity index (χ3n) is 4.77. The zero-order valence-corrected chi connectivity index (χ0v) is 17.0. The number of hydrogen-bond acceptors (Lipinski definition) is 3. The van der Waals surface area contributed by atoms with E-state index in [4.69, 9.17) is 0 Å². The number of anilines is 1. The molecule has 0 fully saturated rings. The van der Waals surface area contributed by atoms with Crippen LogP contribution in [0, 0.1) is 13.8 Å². The summed E-state index contributed by atoms with van der Waals surface area (Å²) in [5.74, 6) is 0.107. The molecule has 1 atom stereocenters. The van der Waals surface area contributed by atoms with Gasteiger partial charge in [0.25, 0.3) is 5.91 Å². The summed E-state index contributed by atoms with van der Waals surface area (Å²) < 4.78 is 23.9. The number of carbonyl (C=O) groups is 1. The highest BCUT2D eigenvalue weighted by Crippen LogP contribution is 2.27. The molecule has 0 aliphatic carbocycles. The van der Waals surface area contributed by atoms with E-state index in [0.29, 0.717) is 17.2 Å². The van der Waals surface area contributed by atoms with E-state index in [1.165, 1.54) is 11.0 Å². The zero-order valence-electron chi connectivity index (χ0n) is 16.1. The van der Waals surface area contributed by atoms with Crippen LogP contribution in [0.5, 0.6) is 0 Å². The van der Waals surface area contributed by atoms with E-state index in [9.17, 15) is 13.2 Å². The van der Waals surface area contributed by atoms with E-state index >= 15 is 0 Å². The summed E-state index contributed by atoms with van der Waals surface area (Å²) in [4.78, 5) is 15.0. The third-order valence-corrected chi connectivity index (χ3v) is 6.15. The Balaban J connectivity index is 2.04. The normalized spacial score (nSPS) is 18.0. The summed E-state index contributed by atoms with van der Waals surface area (Å²) in [5, 5.41) is 1.21. The Morgan fingerprint density at radius 2 is 1.63 bits per heavy atom. The van der Waals surface area contributed by atoms with E-state index in [1.54, 1.807) is 11.0 Å². The zero-order chi connectivity index (χ0) is 19.8. The summed E-state index contributed by atoms with van der Waals surface area (Å²) in [6.45, 7) is 8.12. The molecule has 0 radical (unpaired) electrons. The number of carbonyl (C=O) groups excluding carboxylic acids is 1. The monoisotopic (exact) mass is 383 g/mol. The SMILES string of the molecule is Cc1cc(C)cc(C(=O)N(c2ccc(C(C)C)cc2)[C@@H]2C=CS(=O)(=O)C2)c1. The Labute approximate surface area is 161 Å². The quantitative estimate of drug-likeness (QED) is 0.787. The molecule has 1 heterocycles. The third kappa shape index (κ3) is 4.30. The molecule has 1 aliphatic heterocycles. The van der Waals surface area contributed by atoms with Crippen LogP contribution in [-0.4, -0.2) is 26.1 Å². The summed E-state index contributed by atoms with van der Waals surface area (Å²) >= 11 is 0. The molecule has 2 aromatic carbocycles. The van der Waals surface area contributed by atoms with Gasteiger partial charge in [0.05, 0.1) is 11.8 Å². The molecule has 0 N–H and O–H groups in total. The lowest BCUT2D eigenvalue weighted by Crippen LogP contribution is -2.41. The van der Waals surface area contributed by atoms with Crippen LogP contribution in [0.15, 0.2) is 53.9 Å². The van der Waals surface area contributed by atoms with Crippen molar-refractivity contribution in [2.45, 2.75) is 39.7 Å². The molecule has 0 saturated heterocycles. The first kappa shape index (κ1) is 19.4. The number of benzene rings is 2. The molecule has 0 bridgehead atoms. The van der Waals surface area contributed by atoms with Crippen molar-refractivity contribution in [3.05, 3.63) is 76.2 Å². The molecule has 1 amide bonds. The standard InChI is InChI=1S/C22H25NO3S/c1-15(2)18-5-7-20(8-6-18)23(21-9-10-27(25,26)14-21)22(24)19-12-16(3)11-17(4)13-19/h5-13,15,21H,14H2,1-4H3/t21-/m1/s1. The Hall–Kier alpha value is -2.40. The van der Waals surface area contributed by atoms with E-state index in [0.717, 1.165) is 11.1 Å². The number of amides is 1. The van der Waals surface area contributed by atoms with Crippen LogP contribution in [0.25, 0.3) is 0 Å². The van der Waals surface area contributed by atoms with Gasteiger partial charge in [0.15, 0.2) is 9.84 Å². The van der Waals surface area contributed by atoms with Crippen molar-refractivity contribution in [1.82, 2.24) is 0 Å². The predicted molar refractivity (Wildman–Crippen MR) is 110 cm³/mol. The average Bonchev–Trinajstić information content (AvgIpc) is 2.94. The van der Waals surface area contributed by atoms with Gasteiger partial charge in [0.2, 0.25) is 0 Å². The van der Waals surface area contributed by atoms with E-state index < -0.39 is 15.9 Å². The van der Waals surface area contributed by atoms with Crippen LogP contribution in [0.1, 0.15) is 46.8 Å². The van der Waals surface area contributed by atoms with Crippen LogP contribution >= 0.6 is 0 Å². The largest absolute Gasteiger partial charge is 0.300 e. The number of aryl methyl sites for hydroxylation is 2. The minimum atomic E-state index is -3.28. The van der Waals surface area contributed by atoms with Crippen LogP contribution in [0.3, 0.4) is 0 Å². The topological polar surface area (TPSA) is 54.5 Å².